The van der Waals surface area contributed by atoms with Crippen molar-refractivity contribution in [1.82, 2.24) is 10.3 Å². The molecule has 4 nitrogen and oxygen atoms in total. The summed E-state index contributed by atoms with van der Waals surface area (Å²) in [5.74, 6) is 1.67. The summed E-state index contributed by atoms with van der Waals surface area (Å²) in [7, 11) is 1.65. The number of methoxy groups -OCH3 is 1. The lowest BCUT2D eigenvalue weighted by Crippen LogP contribution is -2.11. The van der Waals surface area contributed by atoms with Gasteiger partial charge in [-0.3, -0.25) is 0 Å². The van der Waals surface area contributed by atoms with Crippen molar-refractivity contribution >= 4 is 22.3 Å². The lowest BCUT2D eigenvalue weighted by atomic mass is 10.2. The van der Waals surface area contributed by atoms with Crippen LogP contribution in [0.4, 0.5) is 0 Å². The van der Waals surface area contributed by atoms with Crippen molar-refractivity contribution < 1.29 is 9.15 Å². The van der Waals surface area contributed by atoms with E-state index in [1.54, 1.807) is 18.4 Å². The number of para-hydroxylation sites is 1. The monoisotopic (exact) mass is 274 g/mol. The lowest BCUT2D eigenvalue weighted by molar-refractivity contribution is 0.406. The first kappa shape index (κ1) is 12.2. The van der Waals surface area contributed by atoms with E-state index in [1.165, 1.54) is 0 Å². The Morgan fingerprint density at radius 1 is 1.37 bits per heavy atom. The molecular formula is C14H14N2O2S. The van der Waals surface area contributed by atoms with Crippen molar-refractivity contribution in [3.05, 3.63) is 46.6 Å². The molecule has 3 aromatic rings. The first-order valence-corrected chi connectivity index (χ1v) is 6.89. The second-order valence-electron chi connectivity index (χ2n) is 4.12. The molecule has 98 valence electrons. The minimum atomic E-state index is 0.678. The summed E-state index contributed by atoms with van der Waals surface area (Å²) in [4.78, 5) is 4.22. The van der Waals surface area contributed by atoms with Gasteiger partial charge in [-0.2, -0.15) is 0 Å². The van der Waals surface area contributed by atoms with Crippen LogP contribution < -0.4 is 10.1 Å². The molecule has 0 bridgehead atoms. The summed E-state index contributed by atoms with van der Waals surface area (Å²) in [6, 6.07) is 7.92. The van der Waals surface area contributed by atoms with Crippen LogP contribution in [0.2, 0.25) is 0 Å². The number of nitrogens with zero attached hydrogens (tertiary/aromatic N) is 1. The van der Waals surface area contributed by atoms with E-state index in [0.29, 0.717) is 6.54 Å². The first-order valence-electron chi connectivity index (χ1n) is 6.01. The van der Waals surface area contributed by atoms with Gasteiger partial charge in [0.15, 0.2) is 11.3 Å². The van der Waals surface area contributed by atoms with E-state index in [-0.39, 0.29) is 0 Å². The first-order chi connectivity index (χ1) is 9.36. The highest BCUT2D eigenvalue weighted by Gasteiger charge is 2.08. The number of furan rings is 1. The van der Waals surface area contributed by atoms with Crippen molar-refractivity contribution in [2.75, 3.05) is 7.11 Å². The third-order valence-electron chi connectivity index (χ3n) is 2.84. The number of fused-ring (bicyclic) bond motifs is 1. The summed E-state index contributed by atoms with van der Waals surface area (Å²) < 4.78 is 11.1. The van der Waals surface area contributed by atoms with E-state index in [9.17, 15) is 0 Å². The highest BCUT2D eigenvalue weighted by molar-refractivity contribution is 7.09. The number of hydrogen-bond donors (Lipinski definition) is 1. The number of benzene rings is 1. The Morgan fingerprint density at radius 3 is 3.11 bits per heavy atom. The Balaban J connectivity index is 1.71. The molecule has 0 saturated heterocycles. The third kappa shape index (κ3) is 2.62. The van der Waals surface area contributed by atoms with Gasteiger partial charge in [-0.1, -0.05) is 12.1 Å². The summed E-state index contributed by atoms with van der Waals surface area (Å²) in [6.07, 6.45) is 1.81. The predicted molar refractivity (Wildman–Crippen MR) is 75.4 cm³/mol. The molecule has 1 aromatic carbocycles. The van der Waals surface area contributed by atoms with Gasteiger partial charge < -0.3 is 14.5 Å². The minimum Gasteiger partial charge on any atom is -0.493 e. The highest BCUT2D eigenvalue weighted by atomic mass is 32.1. The molecule has 0 saturated carbocycles. The van der Waals surface area contributed by atoms with Crippen LogP contribution in [0.25, 0.3) is 11.0 Å². The molecule has 0 atom stereocenters. The average Bonchev–Trinajstić information content (AvgIpc) is 3.06. The normalized spacial score (nSPS) is 11.0. The molecule has 0 amide bonds. The fourth-order valence-corrected chi connectivity index (χ4v) is 2.56. The van der Waals surface area contributed by atoms with E-state index in [4.69, 9.17) is 9.15 Å². The zero-order chi connectivity index (χ0) is 13.1. The van der Waals surface area contributed by atoms with Crippen LogP contribution in [-0.4, -0.2) is 12.1 Å². The second-order valence-corrected chi connectivity index (χ2v) is 5.10. The molecular weight excluding hydrogens is 260 g/mol. The van der Waals surface area contributed by atoms with E-state index in [2.05, 4.69) is 10.3 Å². The lowest BCUT2D eigenvalue weighted by Gasteiger charge is -2.00. The summed E-state index contributed by atoms with van der Waals surface area (Å²) in [5.41, 5.74) is 0.802. The molecule has 5 heteroatoms. The van der Waals surface area contributed by atoms with Crippen molar-refractivity contribution in [3.8, 4) is 5.75 Å². The molecule has 3 rings (SSSR count). The Labute approximate surface area is 115 Å². The Kier molecular flexibility index (Phi) is 3.48. The largest absolute Gasteiger partial charge is 0.493 e. The number of ether oxygens (including phenoxy) is 1. The molecule has 0 aliphatic rings. The molecule has 1 N–H and O–H groups in total. The van der Waals surface area contributed by atoms with E-state index in [1.807, 2.05) is 35.8 Å². The van der Waals surface area contributed by atoms with Crippen LogP contribution in [-0.2, 0) is 13.1 Å². The maximum absolute atomic E-state index is 5.80. The zero-order valence-corrected chi connectivity index (χ0v) is 11.4. The van der Waals surface area contributed by atoms with Gasteiger partial charge in [0, 0.05) is 23.5 Å². The predicted octanol–water partition coefficient (Wildman–Crippen LogP) is 3.19. The van der Waals surface area contributed by atoms with Crippen LogP contribution in [0.1, 0.15) is 10.8 Å². The van der Waals surface area contributed by atoms with Gasteiger partial charge in [-0.25, -0.2) is 4.98 Å². The van der Waals surface area contributed by atoms with Crippen molar-refractivity contribution in [2.45, 2.75) is 13.1 Å². The number of thiazole rings is 1. The average molecular weight is 274 g/mol. The molecule has 0 spiro atoms. The van der Waals surface area contributed by atoms with Gasteiger partial charge in [0.05, 0.1) is 13.7 Å². The molecule has 0 radical (unpaired) electrons. The van der Waals surface area contributed by atoms with Gasteiger partial charge in [0.25, 0.3) is 0 Å². The minimum absolute atomic E-state index is 0.678. The smallest absolute Gasteiger partial charge is 0.176 e. The SMILES string of the molecule is COc1cccc2cc(CNCc3nccs3)oc12. The van der Waals surface area contributed by atoms with Gasteiger partial charge in [-0.05, 0) is 12.1 Å². The number of nitrogens with one attached hydrogen (secondary N) is 1. The number of aromatic nitrogens is 1. The molecule has 19 heavy (non-hydrogen) atoms. The fourth-order valence-electron chi connectivity index (χ4n) is 1.97. The van der Waals surface area contributed by atoms with Crippen LogP contribution >= 0.6 is 11.3 Å². The van der Waals surface area contributed by atoms with Crippen LogP contribution in [0.15, 0.2) is 40.3 Å². The molecule has 2 aromatic heterocycles. The van der Waals surface area contributed by atoms with Crippen LogP contribution in [0, 0.1) is 0 Å². The van der Waals surface area contributed by atoms with E-state index >= 15 is 0 Å². The third-order valence-corrected chi connectivity index (χ3v) is 3.62. The fraction of sp³-hybridized carbons (Fsp3) is 0.214. The maximum Gasteiger partial charge on any atom is 0.176 e. The Hall–Kier alpha value is -1.85. The van der Waals surface area contributed by atoms with Crippen molar-refractivity contribution in [2.24, 2.45) is 0 Å². The van der Waals surface area contributed by atoms with Gasteiger partial charge >= 0.3 is 0 Å². The van der Waals surface area contributed by atoms with Crippen molar-refractivity contribution in [1.29, 1.82) is 0 Å². The second kappa shape index (κ2) is 5.42. The number of hydrogen-bond acceptors (Lipinski definition) is 5. The highest BCUT2D eigenvalue weighted by Crippen LogP contribution is 2.28. The van der Waals surface area contributed by atoms with E-state index < -0.39 is 0 Å². The Morgan fingerprint density at radius 2 is 2.32 bits per heavy atom. The molecule has 2 heterocycles. The quantitative estimate of drug-likeness (QED) is 0.776. The maximum atomic E-state index is 5.80. The summed E-state index contributed by atoms with van der Waals surface area (Å²) in [5, 5.41) is 7.43. The van der Waals surface area contributed by atoms with Crippen LogP contribution in [0.3, 0.4) is 0 Å². The van der Waals surface area contributed by atoms with Gasteiger partial charge in [-0.15, -0.1) is 11.3 Å². The van der Waals surface area contributed by atoms with Gasteiger partial charge in [0.2, 0.25) is 0 Å². The zero-order valence-electron chi connectivity index (χ0n) is 10.6. The van der Waals surface area contributed by atoms with Gasteiger partial charge in [0.1, 0.15) is 10.8 Å². The molecule has 0 aliphatic carbocycles. The number of rotatable bonds is 5. The van der Waals surface area contributed by atoms with E-state index in [0.717, 1.165) is 34.0 Å². The van der Waals surface area contributed by atoms with Crippen LogP contribution in [0.5, 0.6) is 5.75 Å². The standard InChI is InChI=1S/C14H14N2O2S/c1-17-12-4-2-3-10-7-11(18-14(10)12)8-15-9-13-16-5-6-19-13/h2-7,15H,8-9H2,1H3. The summed E-state index contributed by atoms with van der Waals surface area (Å²) >= 11 is 1.64. The summed E-state index contributed by atoms with van der Waals surface area (Å²) in [6.45, 7) is 1.43. The molecule has 0 fully saturated rings. The molecule has 0 aliphatic heterocycles. The molecule has 0 unspecified atom stereocenters. The Bertz CT molecular complexity index is 661. The van der Waals surface area contributed by atoms with Crippen molar-refractivity contribution in [3.63, 3.8) is 0 Å². The topological polar surface area (TPSA) is 47.3 Å².